The van der Waals surface area contributed by atoms with Crippen LogP contribution >= 0.6 is 0 Å². The molecule has 6 rings (SSSR count). The molecule has 0 spiro atoms. The predicted molar refractivity (Wildman–Crippen MR) is 147 cm³/mol. The molecular weight excluding hydrogens is 492 g/mol. The number of nitriles is 1. The van der Waals surface area contributed by atoms with E-state index in [4.69, 9.17) is 0 Å². The van der Waals surface area contributed by atoms with Crippen LogP contribution in [0, 0.1) is 11.3 Å². The summed E-state index contributed by atoms with van der Waals surface area (Å²) in [4.78, 5) is 34.6. The summed E-state index contributed by atoms with van der Waals surface area (Å²) in [6, 6.07) is 21.1. The number of carbonyl (C=O) groups is 2. The van der Waals surface area contributed by atoms with E-state index in [1.54, 1.807) is 31.6 Å². The van der Waals surface area contributed by atoms with Crippen molar-refractivity contribution >= 4 is 29.0 Å². The van der Waals surface area contributed by atoms with Crippen LogP contribution in [-0.4, -0.2) is 57.7 Å². The van der Waals surface area contributed by atoms with Gasteiger partial charge in [0.1, 0.15) is 17.6 Å². The topological polar surface area (TPSA) is 119 Å². The molecule has 1 unspecified atom stereocenters. The molecule has 4 aromatic rings. The number of hydrogen-bond donors (Lipinski definition) is 2. The molecule has 2 amide bonds. The minimum atomic E-state index is -0.320. The molecule has 0 radical (unpaired) electrons. The Morgan fingerprint density at radius 2 is 1.79 bits per heavy atom. The molecule has 194 valence electrons. The summed E-state index contributed by atoms with van der Waals surface area (Å²) in [5, 5.41) is 19.8. The predicted octanol–water partition coefficient (Wildman–Crippen LogP) is 3.42. The fraction of sp³-hybridized carbons (Fsp3) is 0.207. The summed E-state index contributed by atoms with van der Waals surface area (Å²) in [7, 11) is 1.69. The molecule has 10 heteroatoms. The van der Waals surface area contributed by atoms with Crippen LogP contribution < -0.4 is 15.5 Å². The number of carbonyl (C=O) groups excluding carboxylic acids is 2. The number of piperazine rings is 1. The summed E-state index contributed by atoms with van der Waals surface area (Å²) >= 11 is 0. The van der Waals surface area contributed by atoms with Gasteiger partial charge in [-0.2, -0.15) is 10.4 Å². The van der Waals surface area contributed by atoms with Crippen LogP contribution in [0.2, 0.25) is 0 Å². The average Bonchev–Trinajstić information content (AvgIpc) is 3.35. The van der Waals surface area contributed by atoms with Crippen LogP contribution in [0.15, 0.2) is 73.1 Å². The highest BCUT2D eigenvalue weighted by Gasteiger charge is 2.33. The van der Waals surface area contributed by atoms with E-state index in [0.717, 1.165) is 16.8 Å². The van der Waals surface area contributed by atoms with Crippen molar-refractivity contribution < 1.29 is 9.59 Å². The number of nitrogens with one attached hydrogen (secondary N) is 2. The summed E-state index contributed by atoms with van der Waals surface area (Å²) in [6.07, 6.45) is 3.13. The second-order valence-corrected chi connectivity index (χ2v) is 9.56. The van der Waals surface area contributed by atoms with Gasteiger partial charge in [-0.1, -0.05) is 36.4 Å². The molecule has 0 bridgehead atoms. The quantitative estimate of drug-likeness (QED) is 0.425. The van der Waals surface area contributed by atoms with E-state index in [-0.39, 0.29) is 17.9 Å². The molecule has 0 saturated carbocycles. The lowest BCUT2D eigenvalue weighted by Gasteiger charge is -2.40. The van der Waals surface area contributed by atoms with Gasteiger partial charge in [-0.25, -0.2) is 4.98 Å². The third kappa shape index (κ3) is 4.49. The lowest BCUT2D eigenvalue weighted by Crippen LogP contribution is -2.48. The molecule has 10 nitrogen and oxygen atoms in total. The number of aromatic nitrogens is 3. The Kier molecular flexibility index (Phi) is 6.26. The number of benzene rings is 2. The molecule has 2 aliphatic rings. The zero-order valence-electron chi connectivity index (χ0n) is 21.3. The molecule has 39 heavy (non-hydrogen) atoms. The highest BCUT2D eigenvalue weighted by molar-refractivity contribution is 6.07. The first-order valence-electron chi connectivity index (χ1n) is 12.7. The summed E-state index contributed by atoms with van der Waals surface area (Å²) in [6.45, 7) is 2.75. The van der Waals surface area contributed by atoms with Crippen molar-refractivity contribution in [1.82, 2.24) is 19.7 Å². The number of fused-ring (bicyclic) bond motifs is 2. The van der Waals surface area contributed by atoms with E-state index >= 15 is 0 Å². The molecule has 1 fully saturated rings. The first-order chi connectivity index (χ1) is 19.0. The highest BCUT2D eigenvalue weighted by Crippen LogP contribution is 2.38. The molecule has 4 heterocycles. The lowest BCUT2D eigenvalue weighted by atomic mass is 9.93. The molecule has 1 saturated heterocycles. The van der Waals surface area contributed by atoms with Gasteiger partial charge >= 0.3 is 0 Å². The Bertz CT molecular complexity index is 1610. The first-order valence-corrected chi connectivity index (χ1v) is 12.7. The van der Waals surface area contributed by atoms with Crippen LogP contribution in [0.25, 0.3) is 0 Å². The van der Waals surface area contributed by atoms with E-state index in [1.807, 2.05) is 42.5 Å². The Morgan fingerprint density at radius 3 is 2.54 bits per heavy atom. The summed E-state index contributed by atoms with van der Waals surface area (Å²) < 4.78 is 1.48. The minimum Gasteiger partial charge on any atom is -0.353 e. The summed E-state index contributed by atoms with van der Waals surface area (Å²) in [5.74, 6) is 0.172. The van der Waals surface area contributed by atoms with Crippen molar-refractivity contribution in [3.8, 4) is 6.07 Å². The number of aryl methyl sites for hydroxylation is 1. The molecule has 2 aliphatic heterocycles. The third-order valence-electron chi connectivity index (χ3n) is 7.28. The lowest BCUT2D eigenvalue weighted by molar-refractivity contribution is 0.101. The van der Waals surface area contributed by atoms with Crippen molar-refractivity contribution in [3.63, 3.8) is 0 Å². The fourth-order valence-corrected chi connectivity index (χ4v) is 5.39. The van der Waals surface area contributed by atoms with Gasteiger partial charge in [-0.15, -0.1) is 0 Å². The number of anilines is 3. The normalized spacial score (nSPS) is 16.9. The third-order valence-corrected chi connectivity index (χ3v) is 7.28. The van der Waals surface area contributed by atoms with Gasteiger partial charge < -0.3 is 15.5 Å². The van der Waals surface area contributed by atoms with Gasteiger partial charge in [0.25, 0.3) is 11.8 Å². The van der Waals surface area contributed by atoms with Crippen LogP contribution in [0.1, 0.15) is 43.6 Å². The second kappa shape index (κ2) is 10.0. The molecule has 2 N–H and O–H groups in total. The molecule has 1 atom stereocenters. The van der Waals surface area contributed by atoms with Crippen LogP contribution in [-0.2, 0) is 7.05 Å². The fourth-order valence-electron chi connectivity index (χ4n) is 5.39. The van der Waals surface area contributed by atoms with Gasteiger partial charge in [-0.3, -0.25) is 19.2 Å². The van der Waals surface area contributed by atoms with Crippen molar-refractivity contribution in [3.05, 3.63) is 101 Å². The zero-order chi connectivity index (χ0) is 26.9. The number of hydrogen-bond acceptors (Lipinski definition) is 7. The van der Waals surface area contributed by atoms with E-state index in [0.29, 0.717) is 54.5 Å². The maximum absolute atomic E-state index is 13.0. The Morgan fingerprint density at radius 1 is 1.05 bits per heavy atom. The zero-order valence-corrected chi connectivity index (χ0v) is 21.3. The molecule has 2 aromatic heterocycles. The van der Waals surface area contributed by atoms with Crippen LogP contribution in [0.5, 0.6) is 0 Å². The minimum absolute atomic E-state index is 0.0773. The van der Waals surface area contributed by atoms with E-state index < -0.39 is 0 Å². The number of para-hydroxylation sites is 1. The Hall–Kier alpha value is -5.01. The second-order valence-electron chi connectivity index (χ2n) is 9.56. The largest absolute Gasteiger partial charge is 0.353 e. The van der Waals surface area contributed by atoms with E-state index in [9.17, 15) is 14.9 Å². The maximum atomic E-state index is 13.0. The van der Waals surface area contributed by atoms with Crippen molar-refractivity contribution in [1.29, 1.82) is 5.26 Å². The van der Waals surface area contributed by atoms with Gasteiger partial charge in [-0.05, 0) is 35.4 Å². The number of nitrogens with zero attached hydrogens (tertiary/aromatic N) is 6. The highest BCUT2D eigenvalue weighted by atomic mass is 16.2. The maximum Gasteiger partial charge on any atom is 0.273 e. The van der Waals surface area contributed by atoms with E-state index in [1.165, 1.54) is 4.68 Å². The van der Waals surface area contributed by atoms with Gasteiger partial charge in [0, 0.05) is 50.7 Å². The van der Waals surface area contributed by atoms with Crippen LogP contribution in [0.4, 0.5) is 17.2 Å². The number of rotatable bonds is 4. The van der Waals surface area contributed by atoms with Crippen molar-refractivity contribution in [2.45, 2.75) is 6.04 Å². The summed E-state index contributed by atoms with van der Waals surface area (Å²) in [5.41, 5.74) is 4.80. The molecular formula is C29H26N8O2. The van der Waals surface area contributed by atoms with Crippen molar-refractivity contribution in [2.24, 2.45) is 7.05 Å². The van der Waals surface area contributed by atoms with Gasteiger partial charge in [0.05, 0.1) is 23.5 Å². The molecule has 0 aliphatic carbocycles. The number of pyridine rings is 1. The van der Waals surface area contributed by atoms with Gasteiger partial charge in [0.2, 0.25) is 0 Å². The van der Waals surface area contributed by atoms with Crippen molar-refractivity contribution in [2.75, 3.05) is 41.7 Å². The number of amides is 2. The van der Waals surface area contributed by atoms with E-state index in [2.05, 4.69) is 42.7 Å². The monoisotopic (exact) mass is 518 g/mol. The first kappa shape index (κ1) is 24.3. The SMILES string of the molecule is Cn1nccc1C(=O)Nc1cnc(N2CCN(C3c4ccccc4NC(=O)c4ccccc43)CC2)c(C#N)c1. The van der Waals surface area contributed by atoms with Crippen LogP contribution in [0.3, 0.4) is 0 Å². The molecule has 2 aromatic carbocycles. The Labute approximate surface area is 225 Å². The standard InChI is InChI=1S/C29H26N8O2/c1-35-25(10-11-32-35)29(39)33-20-16-19(17-30)27(31-18-20)37-14-12-36(13-15-37)26-21-6-2-3-7-22(21)28(38)34-24-9-5-4-8-23(24)26/h2-11,16,18,26H,12-15H2,1H3,(H,33,39)(H,34,38). The average molecular weight is 519 g/mol. The Balaban J connectivity index is 1.22. The van der Waals surface area contributed by atoms with Gasteiger partial charge in [0.15, 0.2) is 0 Å². The smallest absolute Gasteiger partial charge is 0.273 e.